The number of aliphatic hydroxyl groups excluding tert-OH is 2. The molecular formula is C11H13NO3S. The van der Waals surface area contributed by atoms with Crippen LogP contribution in [0.25, 0.3) is 0 Å². The minimum atomic E-state index is -0.972. The molecule has 0 radical (unpaired) electrons. The predicted octanol–water partition coefficient (Wildman–Crippen LogP) is 0.505. The minimum Gasteiger partial charge on any atom is -0.389 e. The van der Waals surface area contributed by atoms with Crippen molar-refractivity contribution in [1.82, 2.24) is 0 Å². The van der Waals surface area contributed by atoms with Crippen LogP contribution in [0.3, 0.4) is 0 Å². The maximum Gasteiger partial charge on any atom is 0.228 e. The van der Waals surface area contributed by atoms with Gasteiger partial charge in [0.15, 0.2) is 0 Å². The summed E-state index contributed by atoms with van der Waals surface area (Å²) in [5, 5.41) is 21.9. The van der Waals surface area contributed by atoms with E-state index in [2.05, 4.69) is 17.9 Å². The van der Waals surface area contributed by atoms with Crippen molar-refractivity contribution in [3.63, 3.8) is 0 Å². The molecule has 2 atom stereocenters. The molecule has 3 N–H and O–H groups in total. The van der Waals surface area contributed by atoms with Gasteiger partial charge in [0.2, 0.25) is 5.91 Å². The summed E-state index contributed by atoms with van der Waals surface area (Å²) in [6, 6.07) is 5.20. The quantitative estimate of drug-likeness (QED) is 0.581. The molecule has 2 unspecified atom stereocenters. The second kappa shape index (κ2) is 4.45. The second-order valence-corrected chi connectivity index (χ2v) is 4.20. The van der Waals surface area contributed by atoms with E-state index in [1.54, 1.807) is 18.2 Å². The highest BCUT2D eigenvalue weighted by molar-refractivity contribution is 7.80. The van der Waals surface area contributed by atoms with Crippen LogP contribution in [0.4, 0.5) is 5.69 Å². The largest absolute Gasteiger partial charge is 0.389 e. The van der Waals surface area contributed by atoms with Gasteiger partial charge in [0, 0.05) is 11.4 Å². The van der Waals surface area contributed by atoms with Crippen LogP contribution >= 0.6 is 12.6 Å². The molecule has 1 aromatic rings. The first-order valence-electron chi connectivity index (χ1n) is 5.01. The molecule has 1 heterocycles. The Bertz CT molecular complexity index is 422. The first-order chi connectivity index (χ1) is 7.61. The van der Waals surface area contributed by atoms with Crippen LogP contribution in [0, 0.1) is 0 Å². The lowest BCUT2D eigenvalue weighted by Crippen LogP contribution is -2.19. The lowest BCUT2D eigenvalue weighted by molar-refractivity contribution is -0.115. The van der Waals surface area contributed by atoms with Crippen molar-refractivity contribution in [1.29, 1.82) is 0 Å². The Kier molecular flexibility index (Phi) is 3.18. The van der Waals surface area contributed by atoms with Crippen LogP contribution < -0.4 is 5.32 Å². The number of anilines is 1. The number of hydrogen-bond donors (Lipinski definition) is 4. The smallest absolute Gasteiger partial charge is 0.228 e. The van der Waals surface area contributed by atoms with Gasteiger partial charge in [-0.25, -0.2) is 0 Å². The number of nitrogens with one attached hydrogen (secondary N) is 1. The van der Waals surface area contributed by atoms with E-state index in [0.717, 1.165) is 5.56 Å². The van der Waals surface area contributed by atoms with Crippen molar-refractivity contribution in [2.75, 3.05) is 11.1 Å². The summed E-state index contributed by atoms with van der Waals surface area (Å²) in [5.41, 5.74) is 2.22. The van der Waals surface area contributed by atoms with Gasteiger partial charge in [-0.1, -0.05) is 12.1 Å². The van der Waals surface area contributed by atoms with Gasteiger partial charge in [0.05, 0.1) is 12.5 Å². The second-order valence-electron chi connectivity index (χ2n) is 3.84. The molecule has 1 aromatic carbocycles. The monoisotopic (exact) mass is 239 g/mol. The molecule has 0 saturated carbocycles. The van der Waals surface area contributed by atoms with Crippen LogP contribution in [0.1, 0.15) is 17.2 Å². The zero-order valence-electron chi connectivity index (χ0n) is 8.55. The lowest BCUT2D eigenvalue weighted by Gasteiger charge is -2.16. The molecule has 1 amide bonds. The number of amides is 1. The van der Waals surface area contributed by atoms with Gasteiger partial charge in [-0.2, -0.15) is 12.6 Å². The molecule has 16 heavy (non-hydrogen) atoms. The van der Waals surface area contributed by atoms with Crippen molar-refractivity contribution in [2.24, 2.45) is 0 Å². The molecule has 2 rings (SSSR count). The molecule has 0 bridgehead atoms. The number of thiol groups is 1. The van der Waals surface area contributed by atoms with Gasteiger partial charge in [-0.05, 0) is 17.2 Å². The van der Waals surface area contributed by atoms with Gasteiger partial charge in [-0.15, -0.1) is 0 Å². The van der Waals surface area contributed by atoms with Crippen molar-refractivity contribution in [3.05, 3.63) is 29.3 Å². The summed E-state index contributed by atoms with van der Waals surface area (Å²) < 4.78 is 0. The van der Waals surface area contributed by atoms with E-state index in [4.69, 9.17) is 0 Å². The minimum absolute atomic E-state index is 0.0450. The molecule has 0 fully saturated rings. The summed E-state index contributed by atoms with van der Waals surface area (Å²) in [4.78, 5) is 11.1. The Hall–Kier alpha value is -1.04. The first kappa shape index (κ1) is 11.4. The van der Waals surface area contributed by atoms with Crippen LogP contribution in [-0.2, 0) is 11.2 Å². The molecule has 0 aliphatic carbocycles. The van der Waals surface area contributed by atoms with Gasteiger partial charge >= 0.3 is 0 Å². The standard InChI is InChI=1S/C11H13NO3S/c13-9(5-16)11(15)7-2-1-6-4-10(14)12-8(6)3-7/h1-3,9,11,13,15-16H,4-5H2,(H,12,14). The number of rotatable bonds is 3. The average Bonchev–Trinajstić information content (AvgIpc) is 2.65. The number of carbonyl (C=O) groups is 1. The zero-order chi connectivity index (χ0) is 11.7. The van der Waals surface area contributed by atoms with E-state index in [9.17, 15) is 15.0 Å². The van der Waals surface area contributed by atoms with Crippen molar-refractivity contribution in [2.45, 2.75) is 18.6 Å². The Balaban J connectivity index is 2.25. The van der Waals surface area contributed by atoms with Crippen LogP contribution in [0.15, 0.2) is 18.2 Å². The molecule has 0 saturated heterocycles. The van der Waals surface area contributed by atoms with Crippen molar-refractivity contribution < 1.29 is 15.0 Å². The number of hydrogen-bond acceptors (Lipinski definition) is 4. The van der Waals surface area contributed by atoms with E-state index in [1.165, 1.54) is 0 Å². The highest BCUT2D eigenvalue weighted by Crippen LogP contribution is 2.28. The third kappa shape index (κ3) is 2.07. The Labute approximate surface area is 98.7 Å². The highest BCUT2D eigenvalue weighted by Gasteiger charge is 2.21. The molecule has 4 nitrogen and oxygen atoms in total. The third-order valence-electron chi connectivity index (χ3n) is 2.65. The van der Waals surface area contributed by atoms with Gasteiger partial charge < -0.3 is 15.5 Å². The predicted molar refractivity (Wildman–Crippen MR) is 63.6 cm³/mol. The fourth-order valence-corrected chi connectivity index (χ4v) is 1.94. The maximum absolute atomic E-state index is 11.1. The Morgan fingerprint density at radius 1 is 1.44 bits per heavy atom. The molecule has 86 valence electrons. The molecule has 0 aromatic heterocycles. The lowest BCUT2D eigenvalue weighted by atomic mass is 10.0. The fraction of sp³-hybridized carbons (Fsp3) is 0.364. The summed E-state index contributed by atoms with van der Waals surface area (Å²) >= 11 is 3.92. The topological polar surface area (TPSA) is 69.6 Å². The average molecular weight is 239 g/mol. The van der Waals surface area contributed by atoms with E-state index >= 15 is 0 Å². The van der Waals surface area contributed by atoms with Gasteiger partial charge in [0.25, 0.3) is 0 Å². The molecule has 0 spiro atoms. The SMILES string of the molecule is O=C1Cc2ccc(C(O)C(O)CS)cc2N1. The zero-order valence-corrected chi connectivity index (χ0v) is 9.45. The fourth-order valence-electron chi connectivity index (χ4n) is 1.74. The third-order valence-corrected chi connectivity index (χ3v) is 3.03. The summed E-state index contributed by atoms with van der Waals surface area (Å²) in [7, 11) is 0. The van der Waals surface area contributed by atoms with Crippen molar-refractivity contribution in [3.8, 4) is 0 Å². The van der Waals surface area contributed by atoms with Crippen LogP contribution in [0.2, 0.25) is 0 Å². The van der Waals surface area contributed by atoms with E-state index < -0.39 is 12.2 Å². The summed E-state index contributed by atoms with van der Waals surface area (Å²) in [6.45, 7) is 0. The van der Waals surface area contributed by atoms with E-state index in [0.29, 0.717) is 17.7 Å². The van der Waals surface area contributed by atoms with Crippen molar-refractivity contribution >= 4 is 24.2 Å². The summed E-state index contributed by atoms with van der Waals surface area (Å²) in [5.74, 6) is 0.140. The number of aliphatic hydroxyl groups is 2. The van der Waals surface area contributed by atoms with E-state index in [1.807, 2.05) is 0 Å². The number of carbonyl (C=O) groups excluding carboxylic acids is 1. The van der Waals surface area contributed by atoms with E-state index in [-0.39, 0.29) is 11.7 Å². The molecule has 1 aliphatic heterocycles. The highest BCUT2D eigenvalue weighted by atomic mass is 32.1. The van der Waals surface area contributed by atoms with Crippen LogP contribution in [0.5, 0.6) is 0 Å². The van der Waals surface area contributed by atoms with Gasteiger partial charge in [-0.3, -0.25) is 4.79 Å². The summed E-state index contributed by atoms with van der Waals surface area (Å²) in [6.07, 6.45) is -1.50. The molecular weight excluding hydrogens is 226 g/mol. The molecule has 1 aliphatic rings. The van der Waals surface area contributed by atoms with Crippen LogP contribution in [-0.4, -0.2) is 28.0 Å². The Morgan fingerprint density at radius 2 is 2.19 bits per heavy atom. The van der Waals surface area contributed by atoms with Gasteiger partial charge in [0.1, 0.15) is 6.10 Å². The maximum atomic E-state index is 11.1. The molecule has 5 heteroatoms. The Morgan fingerprint density at radius 3 is 2.88 bits per heavy atom. The number of benzene rings is 1. The normalized spacial score (nSPS) is 17.8. The first-order valence-corrected chi connectivity index (χ1v) is 5.64. The number of fused-ring (bicyclic) bond motifs is 1.